The minimum atomic E-state index is -0.132. The van der Waals surface area contributed by atoms with Gasteiger partial charge in [0.15, 0.2) is 0 Å². The molecule has 2 N–H and O–H groups in total. The lowest BCUT2D eigenvalue weighted by atomic mass is 10.1. The third-order valence-electron chi connectivity index (χ3n) is 3.72. The summed E-state index contributed by atoms with van der Waals surface area (Å²) >= 11 is 0. The van der Waals surface area contributed by atoms with Gasteiger partial charge in [-0.05, 0) is 32.5 Å². The van der Waals surface area contributed by atoms with E-state index in [1.54, 1.807) is 0 Å². The first-order valence-corrected chi connectivity index (χ1v) is 6.85. The second-order valence-electron chi connectivity index (χ2n) is 4.85. The molecule has 1 aromatic rings. The molecule has 1 aliphatic heterocycles. The van der Waals surface area contributed by atoms with Crippen LogP contribution in [-0.4, -0.2) is 37.1 Å². The van der Waals surface area contributed by atoms with E-state index in [9.17, 15) is 4.79 Å². The van der Waals surface area contributed by atoms with Crippen molar-refractivity contribution in [1.82, 2.24) is 15.6 Å². The number of hydrogen-bond acceptors (Lipinski definition) is 4. The highest BCUT2D eigenvalue weighted by Crippen LogP contribution is 2.20. The number of carbonyl (C=O) groups is 1. The van der Waals surface area contributed by atoms with Gasteiger partial charge in [-0.1, -0.05) is 6.92 Å². The van der Waals surface area contributed by atoms with E-state index < -0.39 is 0 Å². The Morgan fingerprint density at radius 2 is 2.37 bits per heavy atom. The van der Waals surface area contributed by atoms with Crippen molar-refractivity contribution in [3.05, 3.63) is 24.0 Å². The van der Waals surface area contributed by atoms with Gasteiger partial charge >= 0.3 is 0 Å². The highest BCUT2D eigenvalue weighted by Gasteiger charge is 2.25. The van der Waals surface area contributed by atoms with Gasteiger partial charge in [-0.25, -0.2) is 0 Å². The van der Waals surface area contributed by atoms with Crippen LogP contribution in [0.15, 0.2) is 18.3 Å². The first-order chi connectivity index (χ1) is 9.17. The van der Waals surface area contributed by atoms with Crippen LogP contribution in [0.4, 0.5) is 5.69 Å². The van der Waals surface area contributed by atoms with Crippen LogP contribution in [0.2, 0.25) is 0 Å². The molecule has 5 nitrogen and oxygen atoms in total. The monoisotopic (exact) mass is 262 g/mol. The number of nitrogens with zero attached hydrogens (tertiary/aromatic N) is 2. The van der Waals surface area contributed by atoms with Crippen molar-refractivity contribution in [3.63, 3.8) is 0 Å². The molecule has 1 fully saturated rings. The van der Waals surface area contributed by atoms with E-state index in [-0.39, 0.29) is 18.0 Å². The number of hydrogen-bond donors (Lipinski definition) is 2. The smallest absolute Gasteiger partial charge is 0.242 e. The van der Waals surface area contributed by atoms with Crippen LogP contribution in [0.5, 0.6) is 0 Å². The zero-order valence-corrected chi connectivity index (χ0v) is 11.8. The van der Waals surface area contributed by atoms with Crippen molar-refractivity contribution in [1.29, 1.82) is 0 Å². The van der Waals surface area contributed by atoms with E-state index in [0.29, 0.717) is 6.54 Å². The largest absolute Gasteiger partial charge is 0.357 e. The van der Waals surface area contributed by atoms with Crippen LogP contribution in [0.1, 0.15) is 32.0 Å². The Morgan fingerprint density at radius 3 is 2.95 bits per heavy atom. The van der Waals surface area contributed by atoms with Crippen LogP contribution >= 0.6 is 0 Å². The van der Waals surface area contributed by atoms with Crippen molar-refractivity contribution in [3.8, 4) is 0 Å². The summed E-state index contributed by atoms with van der Waals surface area (Å²) in [5.41, 5.74) is 2.06. The number of aromatic nitrogens is 1. The molecule has 2 atom stereocenters. The third-order valence-corrected chi connectivity index (χ3v) is 3.72. The normalized spacial score (nSPS) is 21.1. The molecule has 1 aromatic heterocycles. The minimum absolute atomic E-state index is 0.0805. The average molecular weight is 262 g/mol. The number of piperazine rings is 1. The fraction of sp³-hybridized carbons (Fsp3) is 0.571. The molecule has 1 aliphatic rings. The van der Waals surface area contributed by atoms with E-state index in [2.05, 4.69) is 33.5 Å². The Bertz CT molecular complexity index is 428. The van der Waals surface area contributed by atoms with Crippen LogP contribution in [-0.2, 0) is 4.79 Å². The van der Waals surface area contributed by atoms with Gasteiger partial charge in [-0.2, -0.15) is 0 Å². The lowest BCUT2D eigenvalue weighted by molar-refractivity contribution is -0.122. The van der Waals surface area contributed by atoms with Gasteiger partial charge in [0.1, 0.15) is 6.04 Å². The maximum Gasteiger partial charge on any atom is 0.242 e. The van der Waals surface area contributed by atoms with Gasteiger partial charge in [-0.3, -0.25) is 9.78 Å². The lowest BCUT2D eigenvalue weighted by Crippen LogP contribution is -2.54. The molecule has 2 unspecified atom stereocenters. The molecule has 104 valence electrons. The topological polar surface area (TPSA) is 57.3 Å². The van der Waals surface area contributed by atoms with Gasteiger partial charge in [0.05, 0.1) is 17.6 Å². The number of pyridine rings is 1. The van der Waals surface area contributed by atoms with E-state index in [1.165, 1.54) is 0 Å². The van der Waals surface area contributed by atoms with E-state index >= 15 is 0 Å². The fourth-order valence-corrected chi connectivity index (χ4v) is 2.47. The van der Waals surface area contributed by atoms with Crippen molar-refractivity contribution in [2.45, 2.75) is 32.4 Å². The van der Waals surface area contributed by atoms with Crippen LogP contribution in [0.25, 0.3) is 0 Å². The molecular formula is C14H22N4O. The fourth-order valence-electron chi connectivity index (χ4n) is 2.47. The summed E-state index contributed by atoms with van der Waals surface area (Å²) in [7, 11) is 1.95. The second kappa shape index (κ2) is 6.02. The summed E-state index contributed by atoms with van der Waals surface area (Å²) in [6.45, 7) is 5.58. The number of nitrogens with one attached hydrogen (secondary N) is 2. The van der Waals surface area contributed by atoms with Gasteiger partial charge < -0.3 is 15.5 Å². The van der Waals surface area contributed by atoms with Gasteiger partial charge in [-0.15, -0.1) is 0 Å². The summed E-state index contributed by atoms with van der Waals surface area (Å²) in [5, 5.41) is 6.11. The predicted octanol–water partition coefficient (Wildman–Crippen LogP) is 1.08. The molecule has 1 saturated heterocycles. The molecular weight excluding hydrogens is 240 g/mol. The summed E-state index contributed by atoms with van der Waals surface area (Å²) in [6.07, 6.45) is 2.87. The van der Waals surface area contributed by atoms with Crippen LogP contribution < -0.4 is 15.5 Å². The second-order valence-corrected chi connectivity index (χ2v) is 4.85. The molecule has 2 rings (SSSR count). The Balaban J connectivity index is 2.15. The molecule has 2 heterocycles. The average Bonchev–Trinajstić information content (AvgIpc) is 2.44. The maximum atomic E-state index is 11.7. The Kier molecular flexibility index (Phi) is 4.37. The molecule has 1 amide bonds. The molecule has 0 aromatic carbocycles. The van der Waals surface area contributed by atoms with Crippen molar-refractivity contribution < 1.29 is 4.79 Å². The first-order valence-electron chi connectivity index (χ1n) is 6.85. The molecule has 19 heavy (non-hydrogen) atoms. The number of anilines is 1. The van der Waals surface area contributed by atoms with E-state index in [4.69, 9.17) is 0 Å². The summed E-state index contributed by atoms with van der Waals surface area (Å²) in [6, 6.07) is 4.25. The summed E-state index contributed by atoms with van der Waals surface area (Å²) in [4.78, 5) is 18.3. The molecule has 0 bridgehead atoms. The highest BCUT2D eigenvalue weighted by molar-refractivity contribution is 5.86. The minimum Gasteiger partial charge on any atom is -0.357 e. The lowest BCUT2D eigenvalue weighted by Gasteiger charge is -2.34. The zero-order valence-electron chi connectivity index (χ0n) is 11.8. The predicted molar refractivity (Wildman–Crippen MR) is 76.1 cm³/mol. The SMILES string of the molecule is CCC(NC)c1ccc(N2CCNC(=O)C2C)cn1. The van der Waals surface area contributed by atoms with Gasteiger partial charge in [0.2, 0.25) is 5.91 Å². The Hall–Kier alpha value is -1.62. The van der Waals surface area contributed by atoms with E-state index in [0.717, 1.165) is 24.3 Å². The molecule has 0 spiro atoms. The summed E-state index contributed by atoms with van der Waals surface area (Å²) in [5.74, 6) is 0.0805. The quantitative estimate of drug-likeness (QED) is 0.852. The van der Waals surface area contributed by atoms with Crippen molar-refractivity contribution in [2.24, 2.45) is 0 Å². The van der Waals surface area contributed by atoms with Crippen molar-refractivity contribution in [2.75, 3.05) is 25.0 Å². The van der Waals surface area contributed by atoms with Gasteiger partial charge in [0, 0.05) is 19.1 Å². The number of carbonyl (C=O) groups excluding carboxylic acids is 1. The third kappa shape index (κ3) is 2.87. The molecule has 0 aliphatic carbocycles. The standard InChI is InChI=1S/C14H22N4O/c1-4-12(15-3)13-6-5-11(9-17-13)18-8-7-16-14(19)10(18)2/h5-6,9-10,12,15H,4,7-8H2,1-3H3,(H,16,19). The summed E-state index contributed by atoms with van der Waals surface area (Å²) < 4.78 is 0. The molecule has 0 saturated carbocycles. The van der Waals surface area contributed by atoms with Gasteiger partial charge in [0.25, 0.3) is 0 Å². The van der Waals surface area contributed by atoms with Crippen LogP contribution in [0, 0.1) is 0 Å². The van der Waals surface area contributed by atoms with Crippen molar-refractivity contribution >= 4 is 11.6 Å². The Morgan fingerprint density at radius 1 is 1.58 bits per heavy atom. The maximum absolute atomic E-state index is 11.7. The molecule has 5 heteroatoms. The zero-order chi connectivity index (χ0) is 13.8. The van der Waals surface area contributed by atoms with Crippen LogP contribution in [0.3, 0.4) is 0 Å². The number of amides is 1. The Labute approximate surface area is 114 Å². The highest BCUT2D eigenvalue weighted by atomic mass is 16.2. The molecule has 0 radical (unpaired) electrons. The number of rotatable bonds is 4. The first kappa shape index (κ1) is 13.8. The van der Waals surface area contributed by atoms with E-state index in [1.807, 2.05) is 26.2 Å².